The lowest BCUT2D eigenvalue weighted by molar-refractivity contribution is 1.18. The van der Waals surface area contributed by atoms with Crippen LogP contribution in [0.15, 0.2) is 170 Å². The van der Waals surface area contributed by atoms with E-state index in [9.17, 15) is 15.8 Å². The third kappa shape index (κ3) is 4.72. The summed E-state index contributed by atoms with van der Waals surface area (Å²) in [5, 5.41) is 37.9. The second-order valence-electron chi connectivity index (χ2n) is 12.2. The summed E-state index contributed by atoms with van der Waals surface area (Å²) in [6.45, 7) is 0. The first-order valence-corrected chi connectivity index (χ1v) is 18.4. The van der Waals surface area contributed by atoms with E-state index in [4.69, 9.17) is 0 Å². The number of hydrogen-bond acceptors (Lipinski definition) is 3. The largest absolute Gasteiger partial charge is 0.309 e. The van der Waals surface area contributed by atoms with Crippen LogP contribution < -0.4 is 20.7 Å². The maximum absolute atomic E-state index is 11.3. The zero-order chi connectivity index (χ0) is 34.1. The van der Waals surface area contributed by atoms with Gasteiger partial charge in [-0.05, 0) is 63.2 Å². The molecule has 0 aliphatic rings. The Bertz CT molecular complexity index is 2580. The predicted molar refractivity (Wildman–Crippen MR) is 204 cm³/mol. The third-order valence-electron chi connectivity index (χ3n) is 9.64. The van der Waals surface area contributed by atoms with E-state index in [2.05, 4.69) is 114 Å². The van der Waals surface area contributed by atoms with E-state index in [0.29, 0.717) is 22.3 Å². The fourth-order valence-electron chi connectivity index (χ4n) is 7.56. The molecule has 0 aliphatic carbocycles. The Labute approximate surface area is 291 Å². The lowest BCUT2D eigenvalue weighted by atomic mass is 9.96. The first-order valence-electron chi connectivity index (χ1n) is 16.4. The molecular weight excluding hydrogens is 625 g/mol. The molecule has 0 spiro atoms. The van der Waals surface area contributed by atoms with Crippen molar-refractivity contribution in [2.75, 3.05) is 0 Å². The number of hydrogen-bond donors (Lipinski definition) is 0. The van der Waals surface area contributed by atoms with Crippen LogP contribution in [-0.4, -0.2) is 12.6 Å². The summed E-state index contributed by atoms with van der Waals surface area (Å²) in [5.41, 5.74) is 6.00. The van der Waals surface area contributed by atoms with E-state index in [1.807, 2.05) is 78.9 Å². The van der Waals surface area contributed by atoms with Crippen LogP contribution in [0.4, 0.5) is 0 Å². The number of benzene rings is 7. The van der Waals surface area contributed by atoms with Crippen molar-refractivity contribution >= 4 is 50.6 Å². The van der Waals surface area contributed by atoms with Gasteiger partial charge >= 0.3 is 0 Å². The lowest BCUT2D eigenvalue weighted by Gasteiger charge is -2.35. The SMILES string of the molecule is N#Cc1cc(-c2ccccc2-n2c3ccccc3c3cc(C#N)ccc32)c(C#N)c([Si](c2ccccc2)(c2ccccc2)c2ccccc2)c1. The molecule has 0 unspecified atom stereocenters. The molecule has 5 heteroatoms. The molecule has 50 heavy (non-hydrogen) atoms. The van der Waals surface area contributed by atoms with E-state index in [1.54, 1.807) is 0 Å². The number of rotatable bonds is 6. The Balaban J connectivity index is 1.51. The Morgan fingerprint density at radius 1 is 0.420 bits per heavy atom. The van der Waals surface area contributed by atoms with Crippen LogP contribution in [0.1, 0.15) is 16.7 Å². The Morgan fingerprint density at radius 2 is 0.960 bits per heavy atom. The summed E-state index contributed by atoms with van der Waals surface area (Å²) in [6, 6.07) is 64.6. The molecule has 1 heterocycles. The van der Waals surface area contributed by atoms with E-state index >= 15 is 0 Å². The highest BCUT2D eigenvalue weighted by molar-refractivity contribution is 7.20. The van der Waals surface area contributed by atoms with Crippen LogP contribution in [-0.2, 0) is 0 Å². The molecule has 4 nitrogen and oxygen atoms in total. The molecule has 0 saturated carbocycles. The summed E-state index contributed by atoms with van der Waals surface area (Å²) in [7, 11) is -3.17. The molecule has 1 aromatic heterocycles. The smallest absolute Gasteiger partial charge is 0.181 e. The van der Waals surface area contributed by atoms with Gasteiger partial charge in [-0.15, -0.1) is 0 Å². The Morgan fingerprint density at radius 3 is 1.56 bits per heavy atom. The average molecular weight is 653 g/mol. The zero-order valence-electron chi connectivity index (χ0n) is 27.0. The monoisotopic (exact) mass is 652 g/mol. The van der Waals surface area contributed by atoms with Crippen molar-refractivity contribution in [2.45, 2.75) is 0 Å². The number of fused-ring (bicyclic) bond motifs is 3. The normalized spacial score (nSPS) is 11.1. The second kappa shape index (κ2) is 12.6. The van der Waals surface area contributed by atoms with Crippen molar-refractivity contribution in [3.63, 3.8) is 0 Å². The molecule has 0 aliphatic heterocycles. The molecule has 7 aromatic carbocycles. The van der Waals surface area contributed by atoms with Crippen LogP contribution in [0.25, 0.3) is 38.6 Å². The number of para-hydroxylation sites is 2. The van der Waals surface area contributed by atoms with Crippen LogP contribution in [0, 0.1) is 34.0 Å². The van der Waals surface area contributed by atoms with Gasteiger partial charge in [-0.3, -0.25) is 0 Å². The standard InChI is InChI=1S/C45H28N4Si/c46-29-32-24-25-44-40(26-32)38-21-11-13-23-43(38)49(44)42-22-12-10-20-37(42)39-27-33(30-47)28-45(41(39)31-48)50(34-14-4-1-5-15-34,35-16-6-2-7-17-35)36-18-8-3-9-19-36/h1-28H. The van der Waals surface area contributed by atoms with Gasteiger partial charge in [0.1, 0.15) is 0 Å². The van der Waals surface area contributed by atoms with Crippen molar-refractivity contribution in [1.82, 2.24) is 4.57 Å². The second-order valence-corrected chi connectivity index (χ2v) is 16.0. The van der Waals surface area contributed by atoms with Crippen LogP contribution in [0.2, 0.25) is 0 Å². The van der Waals surface area contributed by atoms with Crippen molar-refractivity contribution in [1.29, 1.82) is 15.8 Å². The minimum atomic E-state index is -3.17. The molecular formula is C45H28N4Si. The maximum atomic E-state index is 11.3. The summed E-state index contributed by atoms with van der Waals surface area (Å²) in [4.78, 5) is 0. The minimum Gasteiger partial charge on any atom is -0.309 e. The molecule has 0 bridgehead atoms. The van der Waals surface area contributed by atoms with Crippen molar-refractivity contribution in [2.24, 2.45) is 0 Å². The van der Waals surface area contributed by atoms with Crippen molar-refractivity contribution < 1.29 is 0 Å². The number of nitriles is 3. The zero-order valence-corrected chi connectivity index (χ0v) is 28.0. The van der Waals surface area contributed by atoms with Gasteiger partial charge in [-0.25, -0.2) is 0 Å². The van der Waals surface area contributed by atoms with Gasteiger partial charge in [0, 0.05) is 21.9 Å². The average Bonchev–Trinajstić information content (AvgIpc) is 3.52. The van der Waals surface area contributed by atoms with Crippen molar-refractivity contribution in [3.8, 4) is 35.0 Å². The molecule has 0 amide bonds. The van der Waals surface area contributed by atoms with Crippen LogP contribution >= 0.6 is 0 Å². The topological polar surface area (TPSA) is 76.3 Å². The summed E-state index contributed by atoms with van der Waals surface area (Å²) < 4.78 is 2.21. The molecule has 0 radical (unpaired) electrons. The van der Waals surface area contributed by atoms with E-state index < -0.39 is 8.07 Å². The highest BCUT2D eigenvalue weighted by Crippen LogP contribution is 2.37. The Hall–Kier alpha value is -6.97. The maximum Gasteiger partial charge on any atom is 0.181 e. The van der Waals surface area contributed by atoms with Gasteiger partial charge in [-0.1, -0.05) is 127 Å². The fraction of sp³-hybridized carbons (Fsp3) is 0. The first kappa shape index (κ1) is 30.4. The molecule has 232 valence electrons. The highest BCUT2D eigenvalue weighted by atomic mass is 28.3. The van der Waals surface area contributed by atoms with E-state index in [-0.39, 0.29) is 0 Å². The molecule has 8 aromatic rings. The van der Waals surface area contributed by atoms with Crippen LogP contribution in [0.5, 0.6) is 0 Å². The van der Waals surface area contributed by atoms with Gasteiger partial charge in [0.15, 0.2) is 8.07 Å². The molecule has 8 rings (SSSR count). The lowest BCUT2D eigenvalue weighted by Crippen LogP contribution is -2.75. The fourth-order valence-corrected chi connectivity index (χ4v) is 12.5. The van der Waals surface area contributed by atoms with E-state index in [0.717, 1.165) is 53.8 Å². The third-order valence-corrected chi connectivity index (χ3v) is 14.4. The van der Waals surface area contributed by atoms with Gasteiger partial charge in [0.2, 0.25) is 0 Å². The highest BCUT2D eigenvalue weighted by Gasteiger charge is 2.44. The molecule has 0 saturated heterocycles. The van der Waals surface area contributed by atoms with E-state index in [1.165, 1.54) is 0 Å². The summed E-state index contributed by atoms with van der Waals surface area (Å²) in [6.07, 6.45) is 0. The van der Waals surface area contributed by atoms with Gasteiger partial charge < -0.3 is 4.57 Å². The Kier molecular flexibility index (Phi) is 7.63. The molecule has 0 atom stereocenters. The minimum absolute atomic E-state index is 0.490. The van der Waals surface area contributed by atoms with Gasteiger partial charge in [0.25, 0.3) is 0 Å². The molecule has 0 fully saturated rings. The van der Waals surface area contributed by atoms with Gasteiger partial charge in [0.05, 0.1) is 51.6 Å². The predicted octanol–water partition coefficient (Wildman–Crippen LogP) is 7.44. The number of aromatic nitrogens is 1. The van der Waals surface area contributed by atoms with Crippen molar-refractivity contribution in [3.05, 3.63) is 187 Å². The summed E-state index contributed by atoms with van der Waals surface area (Å²) >= 11 is 0. The molecule has 0 N–H and O–H groups in total. The van der Waals surface area contributed by atoms with Crippen LogP contribution in [0.3, 0.4) is 0 Å². The quantitative estimate of drug-likeness (QED) is 0.138. The summed E-state index contributed by atoms with van der Waals surface area (Å²) in [5.74, 6) is 0. The number of nitrogens with zero attached hydrogens (tertiary/aromatic N) is 4. The van der Waals surface area contributed by atoms with Gasteiger partial charge in [-0.2, -0.15) is 15.8 Å². The first-order chi connectivity index (χ1) is 24.7.